The number of hydrogen-bond donors (Lipinski definition) is 4. The molecule has 2 rings (SSSR count). The van der Waals surface area contributed by atoms with Gasteiger partial charge in [-0.3, -0.25) is 4.79 Å². The SMILES string of the molecule is COC(=O)c1c(O)cccc1OCCCCNC(=O)[C@H](Cc1ccc(/C=C/C(=O)O)cc1)NC(=O)OC(C)(C)C. The van der Waals surface area contributed by atoms with Crippen LogP contribution in [0.5, 0.6) is 11.5 Å². The summed E-state index contributed by atoms with van der Waals surface area (Å²) < 4.78 is 15.6. The Balaban J connectivity index is 1.94. The van der Waals surface area contributed by atoms with E-state index in [1.54, 1.807) is 57.2 Å². The van der Waals surface area contributed by atoms with Crippen LogP contribution in [0.15, 0.2) is 48.5 Å². The highest BCUT2D eigenvalue weighted by Crippen LogP contribution is 2.28. The number of carboxylic acid groups (broad SMARTS) is 1. The molecule has 0 fully saturated rings. The molecule has 40 heavy (non-hydrogen) atoms. The van der Waals surface area contributed by atoms with Crippen molar-refractivity contribution >= 4 is 30.0 Å². The number of carbonyl (C=O) groups excluding carboxylic acids is 3. The number of ether oxygens (including phenoxy) is 3. The molecule has 0 saturated carbocycles. The largest absolute Gasteiger partial charge is 0.507 e. The number of esters is 1. The van der Waals surface area contributed by atoms with Crippen LogP contribution in [0.2, 0.25) is 0 Å². The van der Waals surface area contributed by atoms with Crippen LogP contribution in [0, 0.1) is 0 Å². The number of carbonyl (C=O) groups is 4. The lowest BCUT2D eigenvalue weighted by molar-refractivity contribution is -0.131. The normalized spacial score (nSPS) is 11.9. The van der Waals surface area contributed by atoms with Crippen LogP contribution >= 0.6 is 0 Å². The molecule has 0 aliphatic heterocycles. The van der Waals surface area contributed by atoms with Gasteiger partial charge in [0, 0.05) is 19.0 Å². The molecular weight excluding hydrogens is 520 g/mol. The summed E-state index contributed by atoms with van der Waals surface area (Å²) in [5, 5.41) is 24.1. The Bertz CT molecular complexity index is 1200. The first-order chi connectivity index (χ1) is 18.9. The maximum Gasteiger partial charge on any atom is 0.408 e. The van der Waals surface area contributed by atoms with Crippen molar-refractivity contribution < 1.29 is 43.6 Å². The van der Waals surface area contributed by atoms with Crippen LogP contribution in [0.3, 0.4) is 0 Å². The zero-order valence-electron chi connectivity index (χ0n) is 23.1. The van der Waals surface area contributed by atoms with Crippen molar-refractivity contribution in [1.29, 1.82) is 0 Å². The number of aliphatic carboxylic acids is 1. The molecule has 0 unspecified atom stereocenters. The minimum Gasteiger partial charge on any atom is -0.507 e. The molecule has 0 aromatic heterocycles. The Labute approximate surface area is 233 Å². The number of hydrogen-bond acceptors (Lipinski definition) is 8. The maximum atomic E-state index is 13.0. The first-order valence-corrected chi connectivity index (χ1v) is 12.7. The molecule has 0 radical (unpaired) electrons. The van der Waals surface area contributed by atoms with Crippen molar-refractivity contribution in [2.75, 3.05) is 20.3 Å². The van der Waals surface area contributed by atoms with E-state index in [2.05, 4.69) is 15.4 Å². The lowest BCUT2D eigenvalue weighted by Crippen LogP contribution is -2.49. The van der Waals surface area contributed by atoms with E-state index in [1.807, 2.05) is 0 Å². The van der Waals surface area contributed by atoms with E-state index in [0.29, 0.717) is 24.9 Å². The van der Waals surface area contributed by atoms with Crippen molar-refractivity contribution in [3.05, 3.63) is 65.2 Å². The minimum atomic E-state index is -1.06. The third-order valence-electron chi connectivity index (χ3n) is 5.37. The molecular formula is C29H36N2O9. The van der Waals surface area contributed by atoms with Gasteiger partial charge in [0.2, 0.25) is 5.91 Å². The molecule has 11 heteroatoms. The average molecular weight is 557 g/mol. The summed E-state index contributed by atoms with van der Waals surface area (Å²) in [6, 6.07) is 10.5. The predicted octanol–water partition coefficient (Wildman–Crippen LogP) is 3.69. The smallest absolute Gasteiger partial charge is 0.408 e. The molecule has 2 amide bonds. The van der Waals surface area contributed by atoms with Crippen LogP contribution in [-0.2, 0) is 25.5 Å². The van der Waals surface area contributed by atoms with Gasteiger partial charge in [-0.05, 0) is 62.9 Å². The highest BCUT2D eigenvalue weighted by molar-refractivity contribution is 5.95. The van der Waals surface area contributed by atoms with Crippen LogP contribution < -0.4 is 15.4 Å². The molecule has 0 spiro atoms. The van der Waals surface area contributed by atoms with Gasteiger partial charge in [-0.15, -0.1) is 0 Å². The van der Waals surface area contributed by atoms with Gasteiger partial charge >= 0.3 is 18.0 Å². The monoisotopic (exact) mass is 556 g/mol. The Morgan fingerprint density at radius 3 is 2.35 bits per heavy atom. The van der Waals surface area contributed by atoms with Gasteiger partial charge in [-0.2, -0.15) is 0 Å². The van der Waals surface area contributed by atoms with Crippen LogP contribution in [0.25, 0.3) is 6.08 Å². The van der Waals surface area contributed by atoms with Gasteiger partial charge < -0.3 is 35.1 Å². The number of carboxylic acids is 1. The number of rotatable bonds is 13. The fraction of sp³-hybridized carbons (Fsp3) is 0.379. The number of aromatic hydroxyl groups is 1. The van der Waals surface area contributed by atoms with Crippen molar-refractivity contribution in [2.45, 2.75) is 51.7 Å². The highest BCUT2D eigenvalue weighted by Gasteiger charge is 2.24. The van der Waals surface area contributed by atoms with Crippen molar-refractivity contribution in [2.24, 2.45) is 0 Å². The Kier molecular flexibility index (Phi) is 12.0. The maximum absolute atomic E-state index is 13.0. The zero-order valence-corrected chi connectivity index (χ0v) is 23.1. The number of unbranched alkanes of at least 4 members (excludes halogenated alkanes) is 1. The van der Waals surface area contributed by atoms with Crippen LogP contribution in [0.1, 0.15) is 55.1 Å². The second-order valence-corrected chi connectivity index (χ2v) is 9.80. The molecule has 0 aliphatic rings. The summed E-state index contributed by atoms with van der Waals surface area (Å²) in [5.74, 6) is -2.22. The van der Waals surface area contributed by atoms with E-state index in [4.69, 9.17) is 14.6 Å². The lowest BCUT2D eigenvalue weighted by atomic mass is 10.0. The molecule has 1 atom stereocenters. The number of phenolic OH excluding ortho intramolecular Hbond substituents is 1. The second kappa shape index (κ2) is 15.2. The number of methoxy groups -OCH3 is 1. The average Bonchev–Trinajstić information content (AvgIpc) is 2.88. The van der Waals surface area contributed by atoms with E-state index in [-0.39, 0.29) is 30.1 Å². The van der Waals surface area contributed by atoms with E-state index in [9.17, 15) is 24.3 Å². The Hall–Kier alpha value is -4.54. The predicted molar refractivity (Wildman–Crippen MR) is 147 cm³/mol. The van der Waals surface area contributed by atoms with Crippen molar-refractivity contribution in [3.63, 3.8) is 0 Å². The standard InChI is InChI=1S/C29H36N2O9/c1-29(2,3)40-28(37)31-21(18-20-12-10-19(11-13-20)14-15-24(33)34)26(35)30-16-5-6-17-39-23-9-7-8-22(32)25(23)27(36)38-4/h7-15,21,32H,5-6,16-18H2,1-4H3,(H,30,35)(H,31,37)(H,33,34)/b15-14+/t21-/m0/s1. The fourth-order valence-corrected chi connectivity index (χ4v) is 3.52. The molecule has 11 nitrogen and oxygen atoms in total. The summed E-state index contributed by atoms with van der Waals surface area (Å²) in [4.78, 5) is 48.0. The van der Waals surface area contributed by atoms with Gasteiger partial charge in [0.25, 0.3) is 0 Å². The molecule has 0 saturated heterocycles. The lowest BCUT2D eigenvalue weighted by Gasteiger charge is -2.23. The molecule has 0 aliphatic carbocycles. The van der Waals surface area contributed by atoms with Gasteiger partial charge in [0.15, 0.2) is 0 Å². The van der Waals surface area contributed by atoms with Gasteiger partial charge in [-0.25, -0.2) is 14.4 Å². The molecule has 2 aromatic rings. The second-order valence-electron chi connectivity index (χ2n) is 9.80. The number of nitrogens with one attached hydrogen (secondary N) is 2. The minimum absolute atomic E-state index is 0.0553. The fourth-order valence-electron chi connectivity index (χ4n) is 3.52. The molecule has 0 heterocycles. The summed E-state index contributed by atoms with van der Waals surface area (Å²) in [5.41, 5.74) is 0.635. The van der Waals surface area contributed by atoms with Crippen LogP contribution in [-0.4, -0.2) is 66.1 Å². The molecule has 0 bridgehead atoms. The zero-order chi connectivity index (χ0) is 29.7. The van der Waals surface area contributed by atoms with E-state index >= 15 is 0 Å². The first-order valence-electron chi connectivity index (χ1n) is 12.7. The summed E-state index contributed by atoms with van der Waals surface area (Å²) in [7, 11) is 1.21. The number of amides is 2. The molecule has 216 valence electrons. The Morgan fingerprint density at radius 1 is 1.02 bits per heavy atom. The van der Waals surface area contributed by atoms with Crippen molar-refractivity contribution in [3.8, 4) is 11.5 Å². The topological polar surface area (TPSA) is 160 Å². The van der Waals surface area contributed by atoms with Crippen molar-refractivity contribution in [1.82, 2.24) is 10.6 Å². The third kappa shape index (κ3) is 11.1. The van der Waals surface area contributed by atoms with Gasteiger partial charge in [0.05, 0.1) is 13.7 Å². The number of phenols is 1. The van der Waals surface area contributed by atoms with Gasteiger partial charge in [0.1, 0.15) is 28.7 Å². The number of benzene rings is 2. The van der Waals surface area contributed by atoms with E-state index in [1.165, 1.54) is 19.3 Å². The number of alkyl carbamates (subject to hydrolysis) is 1. The third-order valence-corrected chi connectivity index (χ3v) is 5.37. The van der Waals surface area contributed by atoms with E-state index in [0.717, 1.165) is 11.6 Å². The molecule has 4 N–H and O–H groups in total. The van der Waals surface area contributed by atoms with E-state index < -0.39 is 35.6 Å². The highest BCUT2D eigenvalue weighted by atomic mass is 16.6. The Morgan fingerprint density at radius 2 is 1.73 bits per heavy atom. The summed E-state index contributed by atoms with van der Waals surface area (Å²) >= 11 is 0. The van der Waals surface area contributed by atoms with Crippen LogP contribution in [0.4, 0.5) is 4.79 Å². The quantitative estimate of drug-likeness (QED) is 0.164. The van der Waals surface area contributed by atoms with Gasteiger partial charge in [-0.1, -0.05) is 30.3 Å². The molecule has 2 aromatic carbocycles. The first kappa shape index (κ1) is 31.7. The summed E-state index contributed by atoms with van der Waals surface area (Å²) in [6.45, 7) is 5.69. The summed E-state index contributed by atoms with van der Waals surface area (Å²) in [6.07, 6.45) is 3.02.